The lowest BCUT2D eigenvalue weighted by Gasteiger charge is -2.34. The van der Waals surface area contributed by atoms with Crippen LogP contribution in [-0.2, 0) is 36.6 Å². The van der Waals surface area contributed by atoms with E-state index in [9.17, 15) is 0 Å². The highest BCUT2D eigenvalue weighted by atomic mass is 16.7. The van der Waals surface area contributed by atoms with Crippen molar-refractivity contribution in [2.24, 2.45) is 0 Å². The Morgan fingerprint density at radius 1 is 0.737 bits per heavy atom. The molecule has 2 aromatic rings. The van der Waals surface area contributed by atoms with Crippen molar-refractivity contribution in [3.63, 3.8) is 0 Å². The minimum absolute atomic E-state index is 0.0432. The molecule has 4 rings (SSSR count). The van der Waals surface area contributed by atoms with Crippen molar-refractivity contribution in [3.8, 4) is 0 Å². The predicted octanol–water partition coefficient (Wildman–Crippen LogP) is 6.38. The van der Waals surface area contributed by atoms with Crippen molar-refractivity contribution in [1.29, 1.82) is 0 Å². The van der Waals surface area contributed by atoms with Gasteiger partial charge in [0, 0.05) is 26.9 Å². The zero-order valence-electron chi connectivity index (χ0n) is 24.4. The Hall–Kier alpha value is -1.80. The van der Waals surface area contributed by atoms with Gasteiger partial charge in [-0.3, -0.25) is 0 Å². The number of aryl methyl sites for hydroxylation is 1. The number of ether oxygens (including phenoxy) is 4. The third-order valence-electron chi connectivity index (χ3n) is 6.97. The Morgan fingerprint density at radius 2 is 1.21 bits per heavy atom. The topological polar surface area (TPSA) is 77.4 Å². The summed E-state index contributed by atoms with van der Waals surface area (Å²) in [6.07, 6.45) is 7.14. The van der Waals surface area contributed by atoms with E-state index < -0.39 is 5.60 Å². The number of aliphatic hydroxyl groups excluding tert-OH is 2. The van der Waals surface area contributed by atoms with Crippen molar-refractivity contribution < 1.29 is 29.2 Å². The van der Waals surface area contributed by atoms with E-state index in [4.69, 9.17) is 29.2 Å². The lowest BCUT2D eigenvalue weighted by Crippen LogP contribution is -2.33. The van der Waals surface area contributed by atoms with Crippen LogP contribution in [0.4, 0.5) is 0 Å². The van der Waals surface area contributed by atoms with Gasteiger partial charge in [-0.15, -0.1) is 0 Å². The molecule has 2 heterocycles. The summed E-state index contributed by atoms with van der Waals surface area (Å²) in [6, 6.07) is 16.5. The summed E-state index contributed by atoms with van der Waals surface area (Å²) in [5.74, 6) is 0. The van der Waals surface area contributed by atoms with Gasteiger partial charge < -0.3 is 29.2 Å². The molecule has 6 nitrogen and oxygen atoms in total. The highest BCUT2D eigenvalue weighted by Gasteiger charge is 2.30. The molecule has 0 bridgehead atoms. The third kappa shape index (κ3) is 10.1. The molecule has 2 unspecified atom stereocenters. The molecule has 214 valence electrons. The van der Waals surface area contributed by atoms with Crippen LogP contribution >= 0.6 is 0 Å². The van der Waals surface area contributed by atoms with Crippen LogP contribution in [0.1, 0.15) is 88.5 Å². The van der Waals surface area contributed by atoms with E-state index in [1.807, 2.05) is 12.1 Å². The van der Waals surface area contributed by atoms with E-state index in [1.54, 1.807) is 0 Å². The highest BCUT2D eigenvalue weighted by Crippen LogP contribution is 2.32. The first kappa shape index (κ1) is 32.4. The second-order valence-electron chi connectivity index (χ2n) is 10.8. The fourth-order valence-electron chi connectivity index (χ4n) is 5.09. The zero-order chi connectivity index (χ0) is 28.0. The van der Waals surface area contributed by atoms with Crippen molar-refractivity contribution in [2.75, 3.05) is 26.9 Å². The molecule has 2 aliphatic heterocycles. The number of hydrogen-bond acceptors (Lipinski definition) is 6. The molecule has 2 saturated heterocycles. The fourth-order valence-corrected chi connectivity index (χ4v) is 5.09. The first-order valence-corrected chi connectivity index (χ1v) is 14.0. The molecule has 0 aromatic heterocycles. The first-order valence-electron chi connectivity index (χ1n) is 14.0. The summed E-state index contributed by atoms with van der Waals surface area (Å²) >= 11 is 0. The molecular weight excluding hydrogens is 480 g/mol. The van der Waals surface area contributed by atoms with Gasteiger partial charge in [0.2, 0.25) is 0 Å². The molecule has 0 spiro atoms. The van der Waals surface area contributed by atoms with E-state index in [0.717, 1.165) is 57.1 Å². The SMILES string of the molecule is CC(C)(OC1CCCCO1)c1ccccc1CCO.CO.Cc1ccccc1C(C)(C)OC1CCCCO1. The van der Waals surface area contributed by atoms with Gasteiger partial charge in [0.15, 0.2) is 12.6 Å². The fraction of sp³-hybridized carbons (Fsp3) is 0.625. The summed E-state index contributed by atoms with van der Waals surface area (Å²) < 4.78 is 23.6. The van der Waals surface area contributed by atoms with Crippen LogP contribution < -0.4 is 0 Å². The van der Waals surface area contributed by atoms with Crippen LogP contribution in [0.25, 0.3) is 0 Å². The molecule has 6 heteroatoms. The second kappa shape index (κ2) is 16.3. The number of rotatable bonds is 8. The summed E-state index contributed by atoms with van der Waals surface area (Å²) in [5.41, 5.74) is 4.12. The van der Waals surface area contributed by atoms with Crippen LogP contribution in [0.5, 0.6) is 0 Å². The Bertz CT molecular complexity index is 914. The molecule has 0 amide bonds. The van der Waals surface area contributed by atoms with Crippen LogP contribution in [0.3, 0.4) is 0 Å². The van der Waals surface area contributed by atoms with Crippen LogP contribution in [-0.4, -0.2) is 49.7 Å². The minimum atomic E-state index is -0.395. The van der Waals surface area contributed by atoms with Crippen molar-refractivity contribution in [3.05, 3.63) is 70.8 Å². The van der Waals surface area contributed by atoms with Crippen LogP contribution in [0.15, 0.2) is 48.5 Å². The molecule has 2 aromatic carbocycles. The molecule has 2 fully saturated rings. The Balaban J connectivity index is 0.000000252. The Kier molecular flexibility index (Phi) is 13.9. The van der Waals surface area contributed by atoms with Gasteiger partial charge in [-0.05, 0) is 102 Å². The average Bonchev–Trinajstić information content (AvgIpc) is 2.91. The summed E-state index contributed by atoms with van der Waals surface area (Å²) in [5, 5.41) is 16.2. The van der Waals surface area contributed by atoms with E-state index in [2.05, 4.69) is 71.0 Å². The number of aliphatic hydroxyl groups is 2. The maximum atomic E-state index is 9.17. The van der Waals surface area contributed by atoms with Gasteiger partial charge in [0.05, 0.1) is 11.2 Å². The molecule has 0 saturated carbocycles. The Morgan fingerprint density at radius 3 is 1.68 bits per heavy atom. The predicted molar refractivity (Wildman–Crippen MR) is 152 cm³/mol. The van der Waals surface area contributed by atoms with E-state index in [-0.39, 0.29) is 24.8 Å². The summed E-state index contributed by atoms with van der Waals surface area (Å²) in [7, 11) is 1.00. The van der Waals surface area contributed by atoms with Crippen molar-refractivity contribution in [2.45, 2.75) is 103 Å². The largest absolute Gasteiger partial charge is 0.400 e. The molecule has 0 aliphatic carbocycles. The van der Waals surface area contributed by atoms with E-state index >= 15 is 0 Å². The number of benzene rings is 2. The standard InChI is InChI=1S/C16H24O3.C15H22O2.CH4O/c1-16(2,19-15-9-5-6-12-18-15)14-8-4-3-7-13(14)10-11-17;1-12-8-4-5-9-13(12)15(2,3)17-14-10-6-7-11-16-14;1-2/h3-4,7-8,15,17H,5-6,9-12H2,1-2H3;4-5,8-9,14H,6-7,10-11H2,1-3H3;2H,1H3. The normalized spacial score (nSPS) is 20.0. The molecule has 0 radical (unpaired) electrons. The van der Waals surface area contributed by atoms with Gasteiger partial charge >= 0.3 is 0 Å². The molecular formula is C32H50O6. The Labute approximate surface area is 230 Å². The zero-order valence-corrected chi connectivity index (χ0v) is 24.4. The van der Waals surface area contributed by atoms with Crippen LogP contribution in [0.2, 0.25) is 0 Å². The number of hydrogen-bond donors (Lipinski definition) is 2. The van der Waals surface area contributed by atoms with Crippen molar-refractivity contribution >= 4 is 0 Å². The lowest BCUT2D eigenvalue weighted by atomic mass is 9.91. The van der Waals surface area contributed by atoms with E-state index in [0.29, 0.717) is 6.42 Å². The van der Waals surface area contributed by atoms with Crippen molar-refractivity contribution in [1.82, 2.24) is 0 Å². The van der Waals surface area contributed by atoms with Crippen LogP contribution in [0, 0.1) is 6.92 Å². The minimum Gasteiger partial charge on any atom is -0.400 e. The van der Waals surface area contributed by atoms with Gasteiger partial charge in [0.25, 0.3) is 0 Å². The quantitative estimate of drug-likeness (QED) is 0.412. The second-order valence-corrected chi connectivity index (χ2v) is 10.8. The highest BCUT2D eigenvalue weighted by molar-refractivity contribution is 5.32. The lowest BCUT2D eigenvalue weighted by molar-refractivity contribution is -0.219. The molecule has 2 aliphatic rings. The first-order chi connectivity index (χ1) is 18.2. The maximum absolute atomic E-state index is 9.17. The van der Waals surface area contributed by atoms with Gasteiger partial charge in [-0.1, -0.05) is 48.5 Å². The smallest absolute Gasteiger partial charge is 0.158 e. The summed E-state index contributed by atoms with van der Waals surface area (Å²) in [4.78, 5) is 0. The molecule has 2 atom stereocenters. The van der Waals surface area contributed by atoms with Gasteiger partial charge in [-0.25, -0.2) is 0 Å². The third-order valence-corrected chi connectivity index (χ3v) is 6.97. The average molecular weight is 531 g/mol. The molecule has 2 N–H and O–H groups in total. The summed E-state index contributed by atoms with van der Waals surface area (Å²) in [6.45, 7) is 12.3. The van der Waals surface area contributed by atoms with E-state index in [1.165, 1.54) is 24.0 Å². The molecule has 38 heavy (non-hydrogen) atoms. The monoisotopic (exact) mass is 530 g/mol. The maximum Gasteiger partial charge on any atom is 0.158 e. The van der Waals surface area contributed by atoms with Gasteiger partial charge in [-0.2, -0.15) is 0 Å². The van der Waals surface area contributed by atoms with Gasteiger partial charge in [0.1, 0.15) is 0 Å².